The van der Waals surface area contributed by atoms with Crippen molar-refractivity contribution >= 4 is 0 Å². The van der Waals surface area contributed by atoms with Gasteiger partial charge in [-0.1, -0.05) is 51.8 Å². The second-order valence-corrected chi connectivity index (χ2v) is 5.96. The maximum Gasteiger partial charge on any atom is 0.0725 e. The first-order chi connectivity index (χ1) is 9.20. The Morgan fingerprint density at radius 2 is 1.95 bits per heavy atom. The molecule has 0 radical (unpaired) electrons. The summed E-state index contributed by atoms with van der Waals surface area (Å²) in [5, 5.41) is 3.62. The van der Waals surface area contributed by atoms with E-state index >= 15 is 0 Å². The fourth-order valence-electron chi connectivity index (χ4n) is 2.77. The molecular formula is C17H27NO. The molecule has 1 aliphatic heterocycles. The first-order valence-electron chi connectivity index (χ1n) is 7.63. The minimum Gasteiger partial charge on any atom is -0.372 e. The van der Waals surface area contributed by atoms with Gasteiger partial charge < -0.3 is 10.1 Å². The number of hydrogen-bond acceptors (Lipinski definition) is 2. The molecule has 1 aliphatic rings. The van der Waals surface area contributed by atoms with Crippen molar-refractivity contribution in [2.24, 2.45) is 5.92 Å². The highest BCUT2D eigenvalue weighted by Gasteiger charge is 2.15. The summed E-state index contributed by atoms with van der Waals surface area (Å²) in [5.74, 6) is 0.802. The van der Waals surface area contributed by atoms with Crippen molar-refractivity contribution in [3.63, 3.8) is 0 Å². The van der Waals surface area contributed by atoms with E-state index in [-0.39, 0.29) is 0 Å². The molecule has 2 nitrogen and oxygen atoms in total. The topological polar surface area (TPSA) is 21.3 Å². The summed E-state index contributed by atoms with van der Waals surface area (Å²) in [6, 6.07) is 7.35. The van der Waals surface area contributed by atoms with E-state index < -0.39 is 0 Å². The van der Waals surface area contributed by atoms with Crippen LogP contribution < -0.4 is 5.32 Å². The molecular weight excluding hydrogens is 234 g/mol. The summed E-state index contributed by atoms with van der Waals surface area (Å²) in [6.45, 7) is 9.39. The highest BCUT2D eigenvalue weighted by molar-refractivity contribution is 5.34. The Balaban J connectivity index is 2.01. The third kappa shape index (κ3) is 4.05. The summed E-state index contributed by atoms with van der Waals surface area (Å²) >= 11 is 0. The standard InChI is InChI=1S/C17H27NO/c1-4-18-17(7-5-6-13(2)3)14-8-9-15-11-19-12-16(15)10-14/h8-10,13,17-18H,4-7,11-12H2,1-3H3. The molecule has 0 aliphatic carbocycles. The smallest absolute Gasteiger partial charge is 0.0725 e. The van der Waals surface area contributed by atoms with Gasteiger partial charge in [0.1, 0.15) is 0 Å². The van der Waals surface area contributed by atoms with E-state index in [1.165, 1.54) is 36.0 Å². The lowest BCUT2D eigenvalue weighted by molar-refractivity contribution is 0.134. The molecule has 0 spiro atoms. The van der Waals surface area contributed by atoms with Crippen molar-refractivity contribution in [3.8, 4) is 0 Å². The lowest BCUT2D eigenvalue weighted by Gasteiger charge is -2.19. The van der Waals surface area contributed by atoms with Gasteiger partial charge in [-0.3, -0.25) is 0 Å². The second-order valence-electron chi connectivity index (χ2n) is 5.96. The van der Waals surface area contributed by atoms with Crippen LogP contribution in [-0.2, 0) is 18.0 Å². The zero-order valence-corrected chi connectivity index (χ0v) is 12.5. The third-order valence-electron chi connectivity index (χ3n) is 3.87. The second kappa shape index (κ2) is 7.06. The van der Waals surface area contributed by atoms with E-state index in [0.29, 0.717) is 6.04 Å². The zero-order chi connectivity index (χ0) is 13.7. The molecule has 1 unspecified atom stereocenters. The number of hydrogen-bond donors (Lipinski definition) is 1. The molecule has 19 heavy (non-hydrogen) atoms. The van der Waals surface area contributed by atoms with Gasteiger partial charge in [0.15, 0.2) is 0 Å². The minimum atomic E-state index is 0.495. The van der Waals surface area contributed by atoms with Gasteiger partial charge in [0, 0.05) is 6.04 Å². The van der Waals surface area contributed by atoms with Crippen molar-refractivity contribution < 1.29 is 4.74 Å². The van der Waals surface area contributed by atoms with Gasteiger partial charge in [0.2, 0.25) is 0 Å². The first kappa shape index (κ1) is 14.5. The van der Waals surface area contributed by atoms with E-state index in [1.807, 2.05) is 0 Å². The minimum absolute atomic E-state index is 0.495. The molecule has 0 amide bonds. The van der Waals surface area contributed by atoms with Crippen LogP contribution in [0.15, 0.2) is 18.2 Å². The normalized spacial score (nSPS) is 15.8. The molecule has 0 bridgehead atoms. The highest BCUT2D eigenvalue weighted by Crippen LogP contribution is 2.26. The van der Waals surface area contributed by atoms with Crippen molar-refractivity contribution in [1.29, 1.82) is 0 Å². The van der Waals surface area contributed by atoms with Crippen LogP contribution in [0.4, 0.5) is 0 Å². The molecule has 1 N–H and O–H groups in total. The van der Waals surface area contributed by atoms with Crippen molar-refractivity contribution in [1.82, 2.24) is 5.32 Å². The Morgan fingerprint density at radius 3 is 2.68 bits per heavy atom. The lowest BCUT2D eigenvalue weighted by Crippen LogP contribution is -2.21. The number of nitrogens with one attached hydrogen (secondary N) is 1. The van der Waals surface area contributed by atoms with Crippen LogP contribution in [0.2, 0.25) is 0 Å². The molecule has 0 aromatic heterocycles. The maximum atomic E-state index is 5.50. The Bertz CT molecular complexity index is 400. The van der Waals surface area contributed by atoms with E-state index in [0.717, 1.165) is 25.7 Å². The molecule has 1 aromatic rings. The quantitative estimate of drug-likeness (QED) is 0.794. The summed E-state index contributed by atoms with van der Waals surface area (Å²) in [5.41, 5.74) is 4.17. The van der Waals surface area contributed by atoms with Crippen molar-refractivity contribution in [3.05, 3.63) is 34.9 Å². The average molecular weight is 261 g/mol. The van der Waals surface area contributed by atoms with Gasteiger partial charge in [-0.05, 0) is 35.6 Å². The Labute approximate surface area is 117 Å². The Hall–Kier alpha value is -0.860. The van der Waals surface area contributed by atoms with Gasteiger partial charge in [-0.25, -0.2) is 0 Å². The molecule has 2 heteroatoms. The molecule has 1 heterocycles. The predicted octanol–water partition coefficient (Wildman–Crippen LogP) is 4.19. The summed E-state index contributed by atoms with van der Waals surface area (Å²) in [7, 11) is 0. The molecule has 1 atom stereocenters. The number of benzene rings is 1. The highest BCUT2D eigenvalue weighted by atomic mass is 16.5. The van der Waals surface area contributed by atoms with Gasteiger partial charge >= 0.3 is 0 Å². The molecule has 0 fully saturated rings. The van der Waals surface area contributed by atoms with E-state index in [4.69, 9.17) is 4.74 Å². The zero-order valence-electron chi connectivity index (χ0n) is 12.5. The fraction of sp³-hybridized carbons (Fsp3) is 0.647. The van der Waals surface area contributed by atoms with Gasteiger partial charge in [0.25, 0.3) is 0 Å². The van der Waals surface area contributed by atoms with Crippen LogP contribution in [0.3, 0.4) is 0 Å². The average Bonchev–Trinajstić information content (AvgIpc) is 2.84. The summed E-state index contributed by atoms with van der Waals surface area (Å²) in [6.07, 6.45) is 3.84. The van der Waals surface area contributed by atoms with Crippen LogP contribution >= 0.6 is 0 Å². The summed E-state index contributed by atoms with van der Waals surface area (Å²) in [4.78, 5) is 0. The number of fused-ring (bicyclic) bond motifs is 1. The largest absolute Gasteiger partial charge is 0.372 e. The van der Waals surface area contributed by atoms with Crippen LogP contribution in [0.1, 0.15) is 62.8 Å². The lowest BCUT2D eigenvalue weighted by atomic mass is 9.95. The molecule has 0 saturated carbocycles. The summed E-state index contributed by atoms with van der Waals surface area (Å²) < 4.78 is 5.50. The number of ether oxygens (including phenoxy) is 1. The van der Waals surface area contributed by atoms with Gasteiger partial charge in [-0.15, -0.1) is 0 Å². The van der Waals surface area contributed by atoms with Crippen LogP contribution in [0, 0.1) is 5.92 Å². The Morgan fingerprint density at radius 1 is 1.16 bits per heavy atom. The van der Waals surface area contributed by atoms with Crippen LogP contribution in [0.25, 0.3) is 0 Å². The molecule has 1 aromatic carbocycles. The Kier molecular flexibility index (Phi) is 5.41. The van der Waals surface area contributed by atoms with Crippen molar-refractivity contribution in [2.45, 2.75) is 59.3 Å². The SMILES string of the molecule is CCNC(CCCC(C)C)c1ccc2c(c1)COC2. The first-order valence-corrected chi connectivity index (χ1v) is 7.63. The van der Waals surface area contributed by atoms with Crippen LogP contribution in [-0.4, -0.2) is 6.54 Å². The monoisotopic (exact) mass is 261 g/mol. The molecule has 106 valence electrons. The predicted molar refractivity (Wildman–Crippen MR) is 80.0 cm³/mol. The van der Waals surface area contributed by atoms with Gasteiger partial charge in [-0.2, -0.15) is 0 Å². The van der Waals surface area contributed by atoms with E-state index in [9.17, 15) is 0 Å². The van der Waals surface area contributed by atoms with Gasteiger partial charge in [0.05, 0.1) is 13.2 Å². The van der Waals surface area contributed by atoms with Crippen LogP contribution in [0.5, 0.6) is 0 Å². The fourth-order valence-corrected chi connectivity index (χ4v) is 2.77. The molecule has 2 rings (SSSR count). The maximum absolute atomic E-state index is 5.50. The van der Waals surface area contributed by atoms with E-state index in [1.54, 1.807) is 0 Å². The van der Waals surface area contributed by atoms with E-state index in [2.05, 4.69) is 44.3 Å². The third-order valence-corrected chi connectivity index (χ3v) is 3.87. The number of rotatable bonds is 7. The van der Waals surface area contributed by atoms with Crippen molar-refractivity contribution in [2.75, 3.05) is 6.54 Å². The molecule has 0 saturated heterocycles.